The molecule has 1 atom stereocenters. The molecule has 1 aliphatic carbocycles. The molecule has 1 saturated heterocycles. The van der Waals surface area contributed by atoms with Gasteiger partial charge >= 0.3 is 0 Å². The zero-order valence-corrected chi connectivity index (χ0v) is 12.9. The lowest BCUT2D eigenvalue weighted by Gasteiger charge is -2.45. The molecule has 0 spiro atoms. The van der Waals surface area contributed by atoms with Gasteiger partial charge in [0.2, 0.25) is 5.91 Å². The summed E-state index contributed by atoms with van der Waals surface area (Å²) in [5.74, 6) is -0.151. The average molecular weight is 307 g/mol. The lowest BCUT2D eigenvalue weighted by Crippen LogP contribution is -2.53. The molecule has 2 fully saturated rings. The molecule has 1 aromatic carbocycles. The van der Waals surface area contributed by atoms with Crippen LogP contribution in [0.4, 0.5) is 4.39 Å². The average Bonchev–Trinajstić information content (AvgIpc) is 2.51. The van der Waals surface area contributed by atoms with Crippen LogP contribution in [0.2, 0.25) is 0 Å². The highest BCUT2D eigenvalue weighted by Crippen LogP contribution is 2.43. The third-order valence-corrected chi connectivity index (χ3v) is 4.79. The van der Waals surface area contributed by atoms with Crippen LogP contribution in [0.5, 0.6) is 0 Å². The van der Waals surface area contributed by atoms with Gasteiger partial charge in [0.15, 0.2) is 0 Å². The molecule has 1 amide bonds. The summed E-state index contributed by atoms with van der Waals surface area (Å²) in [5, 5.41) is 0. The van der Waals surface area contributed by atoms with E-state index in [9.17, 15) is 9.18 Å². The van der Waals surface area contributed by atoms with Crippen LogP contribution in [0.15, 0.2) is 24.3 Å². The summed E-state index contributed by atoms with van der Waals surface area (Å²) in [7, 11) is 1.63. The number of morpholine rings is 1. The van der Waals surface area contributed by atoms with Gasteiger partial charge in [0.25, 0.3) is 0 Å². The van der Waals surface area contributed by atoms with E-state index in [1.165, 1.54) is 6.07 Å². The maximum absolute atomic E-state index is 13.9. The Hall–Kier alpha value is -1.46. The minimum atomic E-state index is -0.390. The Balaban J connectivity index is 1.73. The topological polar surface area (TPSA) is 38.8 Å². The molecule has 1 aliphatic heterocycles. The second kappa shape index (κ2) is 6.34. The number of nitrogens with zero attached hydrogens (tertiary/aromatic N) is 1. The first-order valence-corrected chi connectivity index (χ1v) is 7.81. The molecule has 1 unspecified atom stereocenters. The highest BCUT2D eigenvalue weighted by Gasteiger charge is 2.47. The van der Waals surface area contributed by atoms with Crippen molar-refractivity contribution in [1.82, 2.24) is 4.90 Å². The van der Waals surface area contributed by atoms with Gasteiger partial charge in [0.1, 0.15) is 11.9 Å². The van der Waals surface area contributed by atoms with Crippen LogP contribution >= 0.6 is 0 Å². The fourth-order valence-corrected chi connectivity index (χ4v) is 3.39. The summed E-state index contributed by atoms with van der Waals surface area (Å²) in [4.78, 5) is 14.7. The van der Waals surface area contributed by atoms with Gasteiger partial charge in [-0.3, -0.25) is 4.79 Å². The minimum Gasteiger partial charge on any atom is -0.384 e. The van der Waals surface area contributed by atoms with Crippen molar-refractivity contribution >= 4 is 5.91 Å². The number of hydrogen-bond acceptors (Lipinski definition) is 3. The molecule has 0 radical (unpaired) electrons. The van der Waals surface area contributed by atoms with Crippen molar-refractivity contribution in [3.05, 3.63) is 35.6 Å². The van der Waals surface area contributed by atoms with E-state index in [4.69, 9.17) is 9.47 Å². The third-order valence-electron chi connectivity index (χ3n) is 4.79. The van der Waals surface area contributed by atoms with Crippen LogP contribution in [-0.2, 0) is 14.3 Å². The van der Waals surface area contributed by atoms with Crippen LogP contribution in [0, 0.1) is 11.2 Å². The molecule has 0 aromatic heterocycles. The fraction of sp³-hybridized carbons (Fsp3) is 0.588. The van der Waals surface area contributed by atoms with Crippen LogP contribution in [0.1, 0.15) is 30.9 Å². The van der Waals surface area contributed by atoms with E-state index in [2.05, 4.69) is 0 Å². The lowest BCUT2D eigenvalue weighted by atomic mass is 9.68. The molecule has 22 heavy (non-hydrogen) atoms. The van der Waals surface area contributed by atoms with E-state index < -0.39 is 6.10 Å². The van der Waals surface area contributed by atoms with Crippen molar-refractivity contribution < 1.29 is 18.7 Å². The Morgan fingerprint density at radius 2 is 2.23 bits per heavy atom. The van der Waals surface area contributed by atoms with E-state index in [-0.39, 0.29) is 17.1 Å². The highest BCUT2D eigenvalue weighted by atomic mass is 19.1. The second-order valence-electron chi connectivity index (χ2n) is 6.20. The van der Waals surface area contributed by atoms with Gasteiger partial charge in [0, 0.05) is 19.2 Å². The van der Waals surface area contributed by atoms with Crippen LogP contribution in [0.3, 0.4) is 0 Å². The van der Waals surface area contributed by atoms with Crippen molar-refractivity contribution in [3.8, 4) is 0 Å². The first kappa shape index (κ1) is 15.4. The molecule has 120 valence electrons. The zero-order chi connectivity index (χ0) is 15.6. The number of rotatable bonds is 4. The molecule has 1 heterocycles. The Bertz CT molecular complexity index is 544. The minimum absolute atomic E-state index is 0.130. The predicted octanol–water partition coefficient (Wildman–Crippen LogP) is 2.54. The molecular formula is C17H22FNO3. The molecule has 3 rings (SSSR count). The van der Waals surface area contributed by atoms with Gasteiger partial charge in [-0.05, 0) is 18.9 Å². The maximum atomic E-state index is 13.9. The maximum Gasteiger partial charge on any atom is 0.231 e. The van der Waals surface area contributed by atoms with E-state index in [0.717, 1.165) is 19.3 Å². The third kappa shape index (κ3) is 2.75. The van der Waals surface area contributed by atoms with Gasteiger partial charge in [-0.25, -0.2) is 4.39 Å². The molecular weight excluding hydrogens is 285 g/mol. The Kier molecular flexibility index (Phi) is 4.45. The summed E-state index contributed by atoms with van der Waals surface area (Å²) in [5.41, 5.74) is 0.153. The molecule has 0 bridgehead atoms. The van der Waals surface area contributed by atoms with E-state index in [1.54, 1.807) is 25.3 Å². The van der Waals surface area contributed by atoms with Crippen molar-refractivity contribution in [1.29, 1.82) is 0 Å². The Morgan fingerprint density at radius 1 is 1.45 bits per heavy atom. The number of benzene rings is 1. The highest BCUT2D eigenvalue weighted by molar-refractivity contribution is 5.84. The molecule has 2 aliphatic rings. The van der Waals surface area contributed by atoms with E-state index >= 15 is 0 Å². The van der Waals surface area contributed by atoms with E-state index in [0.29, 0.717) is 31.9 Å². The van der Waals surface area contributed by atoms with Crippen molar-refractivity contribution in [2.45, 2.75) is 25.4 Å². The largest absolute Gasteiger partial charge is 0.384 e. The van der Waals surface area contributed by atoms with Crippen molar-refractivity contribution in [3.63, 3.8) is 0 Å². The summed E-state index contributed by atoms with van der Waals surface area (Å²) in [6.07, 6.45) is 2.43. The number of amides is 1. The summed E-state index contributed by atoms with van der Waals surface area (Å²) in [6.45, 7) is 1.88. The lowest BCUT2D eigenvalue weighted by molar-refractivity contribution is -0.159. The summed E-state index contributed by atoms with van der Waals surface area (Å²) in [6, 6.07) is 6.60. The van der Waals surface area contributed by atoms with E-state index in [1.807, 2.05) is 4.90 Å². The summed E-state index contributed by atoms with van der Waals surface area (Å²) >= 11 is 0. The number of halogens is 1. The molecule has 1 saturated carbocycles. The van der Waals surface area contributed by atoms with Crippen LogP contribution < -0.4 is 0 Å². The second-order valence-corrected chi connectivity index (χ2v) is 6.20. The van der Waals surface area contributed by atoms with Gasteiger partial charge in [-0.1, -0.05) is 24.6 Å². The normalized spacial score (nSPS) is 23.9. The fourth-order valence-electron chi connectivity index (χ4n) is 3.39. The van der Waals surface area contributed by atoms with Crippen LogP contribution in [-0.4, -0.2) is 44.2 Å². The number of methoxy groups -OCH3 is 1. The molecule has 5 heteroatoms. The van der Waals surface area contributed by atoms with Gasteiger partial charge < -0.3 is 14.4 Å². The number of carbonyl (C=O) groups is 1. The Labute approximate surface area is 130 Å². The monoisotopic (exact) mass is 307 g/mol. The summed E-state index contributed by atoms with van der Waals surface area (Å²) < 4.78 is 24.9. The number of ether oxygens (including phenoxy) is 2. The molecule has 1 aromatic rings. The molecule has 0 N–H and O–H groups in total. The smallest absolute Gasteiger partial charge is 0.231 e. The van der Waals surface area contributed by atoms with Gasteiger partial charge in [-0.2, -0.15) is 0 Å². The first-order chi connectivity index (χ1) is 10.7. The first-order valence-electron chi connectivity index (χ1n) is 7.81. The zero-order valence-electron chi connectivity index (χ0n) is 12.9. The number of hydrogen-bond donors (Lipinski definition) is 0. The molecule has 4 nitrogen and oxygen atoms in total. The van der Waals surface area contributed by atoms with Crippen molar-refractivity contribution in [2.24, 2.45) is 5.41 Å². The standard InChI is InChI=1S/C17H22FNO3/c1-21-12-17(7-4-8-17)16(20)19-9-10-22-15(11-19)13-5-2-3-6-14(13)18/h2-3,5-6,15H,4,7-12H2,1H3. The predicted molar refractivity (Wildman–Crippen MR) is 79.8 cm³/mol. The van der Waals surface area contributed by atoms with Gasteiger partial charge in [0.05, 0.1) is 25.2 Å². The Morgan fingerprint density at radius 3 is 2.86 bits per heavy atom. The van der Waals surface area contributed by atoms with Crippen LogP contribution in [0.25, 0.3) is 0 Å². The van der Waals surface area contributed by atoms with Crippen molar-refractivity contribution in [2.75, 3.05) is 33.4 Å². The SMILES string of the molecule is COCC1(C(=O)N2CCOC(c3ccccc3F)C2)CCC1. The quantitative estimate of drug-likeness (QED) is 0.858. The number of carbonyl (C=O) groups excluding carboxylic acids is 1. The van der Waals surface area contributed by atoms with Gasteiger partial charge in [-0.15, -0.1) is 0 Å².